The zero-order valence-corrected chi connectivity index (χ0v) is 13.9. The molecule has 4 heteroatoms. The van der Waals surface area contributed by atoms with E-state index in [-0.39, 0.29) is 12.1 Å². The highest BCUT2D eigenvalue weighted by Crippen LogP contribution is 2.35. The third kappa shape index (κ3) is 6.45. The van der Waals surface area contributed by atoms with Crippen molar-refractivity contribution in [3.8, 4) is 0 Å². The van der Waals surface area contributed by atoms with Crippen molar-refractivity contribution in [2.24, 2.45) is 17.8 Å². The Bertz CT molecular complexity index is 284. The predicted octanol–water partition coefficient (Wildman–Crippen LogP) is 4.29. The zero-order valence-electron chi connectivity index (χ0n) is 13.2. The summed E-state index contributed by atoms with van der Waals surface area (Å²) in [5.41, 5.74) is 0. The molecule has 1 aliphatic rings. The molecule has 0 saturated heterocycles. The first-order chi connectivity index (χ1) is 9.54. The smallest absolute Gasteiger partial charge is 0.306 e. The molecular weight excluding hydrogens is 274 g/mol. The Morgan fingerprint density at radius 2 is 2.05 bits per heavy atom. The maximum Gasteiger partial charge on any atom is 0.306 e. The van der Waals surface area contributed by atoms with Crippen molar-refractivity contribution in [2.45, 2.75) is 71.8 Å². The predicted molar refractivity (Wildman–Crippen MR) is 83.5 cm³/mol. The molecule has 1 aliphatic carbocycles. The van der Waals surface area contributed by atoms with Crippen molar-refractivity contribution in [1.29, 1.82) is 0 Å². The molecule has 1 fully saturated rings. The van der Waals surface area contributed by atoms with Crippen LogP contribution < -0.4 is 4.84 Å². The summed E-state index contributed by atoms with van der Waals surface area (Å²) in [6, 6.07) is 0. The fraction of sp³-hybridized carbons (Fsp3) is 0.938. The maximum atomic E-state index is 12.0. The van der Waals surface area contributed by atoms with Gasteiger partial charge in [-0.15, -0.1) is 0 Å². The molecule has 0 aliphatic heterocycles. The van der Waals surface area contributed by atoms with Gasteiger partial charge in [-0.05, 0) is 55.2 Å². The molecule has 1 rings (SSSR count). The summed E-state index contributed by atoms with van der Waals surface area (Å²) in [5.74, 6) is 1.79. The van der Waals surface area contributed by atoms with Gasteiger partial charge in [-0.2, -0.15) is 0 Å². The van der Waals surface area contributed by atoms with Crippen molar-refractivity contribution in [2.75, 3.05) is 6.54 Å². The third-order valence-corrected chi connectivity index (χ3v) is 4.59. The highest BCUT2D eigenvalue weighted by atomic mass is 35.5. The second-order valence-corrected chi connectivity index (χ2v) is 6.82. The van der Waals surface area contributed by atoms with Crippen molar-refractivity contribution in [1.82, 2.24) is 4.84 Å². The van der Waals surface area contributed by atoms with E-state index in [9.17, 15) is 4.79 Å². The van der Waals surface area contributed by atoms with Crippen LogP contribution >= 0.6 is 11.8 Å². The van der Waals surface area contributed by atoms with Crippen LogP contribution in [0.5, 0.6) is 0 Å². The number of hydrogen-bond donors (Lipinski definition) is 1. The van der Waals surface area contributed by atoms with Crippen LogP contribution in [0.15, 0.2) is 0 Å². The second kappa shape index (κ2) is 9.62. The molecule has 0 unspecified atom stereocenters. The largest absolute Gasteiger partial charge is 0.462 e. The van der Waals surface area contributed by atoms with Crippen LogP contribution in [0.2, 0.25) is 0 Å². The van der Waals surface area contributed by atoms with Gasteiger partial charge >= 0.3 is 5.97 Å². The molecule has 1 saturated carbocycles. The van der Waals surface area contributed by atoms with Crippen LogP contribution in [0.3, 0.4) is 0 Å². The molecule has 0 amide bonds. The van der Waals surface area contributed by atoms with Gasteiger partial charge in [0.2, 0.25) is 0 Å². The Hall–Kier alpha value is -0.280. The number of esters is 1. The minimum absolute atomic E-state index is 0.0198. The average molecular weight is 304 g/mol. The fourth-order valence-electron chi connectivity index (χ4n) is 3.12. The third-order valence-electron chi connectivity index (χ3n) is 4.40. The molecule has 3 nitrogen and oxygen atoms in total. The highest BCUT2D eigenvalue weighted by molar-refractivity contribution is 6.13. The Kier molecular flexibility index (Phi) is 8.55. The van der Waals surface area contributed by atoms with Crippen LogP contribution in [0.4, 0.5) is 0 Å². The van der Waals surface area contributed by atoms with E-state index < -0.39 is 0 Å². The van der Waals surface area contributed by atoms with E-state index in [1.54, 1.807) is 0 Å². The number of ether oxygens (including phenoxy) is 1. The van der Waals surface area contributed by atoms with Crippen LogP contribution in [-0.2, 0) is 9.53 Å². The lowest BCUT2D eigenvalue weighted by Gasteiger charge is -2.36. The average Bonchev–Trinajstić information content (AvgIpc) is 2.38. The summed E-state index contributed by atoms with van der Waals surface area (Å²) in [4.78, 5) is 14.6. The van der Waals surface area contributed by atoms with E-state index in [0.717, 1.165) is 32.2 Å². The van der Waals surface area contributed by atoms with Gasteiger partial charge in [0.15, 0.2) is 0 Å². The molecule has 0 spiro atoms. The lowest BCUT2D eigenvalue weighted by atomic mass is 9.75. The summed E-state index contributed by atoms with van der Waals surface area (Å²) in [5, 5.41) is 0. The number of unbranched alkanes of at least 4 members (excludes halogenated alkanes) is 2. The summed E-state index contributed by atoms with van der Waals surface area (Å²) < 4.78 is 5.76. The maximum absolute atomic E-state index is 12.0. The monoisotopic (exact) mass is 303 g/mol. The van der Waals surface area contributed by atoms with Gasteiger partial charge in [0.05, 0.1) is 0 Å². The van der Waals surface area contributed by atoms with E-state index >= 15 is 0 Å². The first-order valence-corrected chi connectivity index (χ1v) is 8.45. The minimum atomic E-state index is -0.0198. The van der Waals surface area contributed by atoms with E-state index in [2.05, 4.69) is 25.6 Å². The van der Waals surface area contributed by atoms with E-state index in [0.29, 0.717) is 24.2 Å². The molecule has 1 N–H and O–H groups in total. The summed E-state index contributed by atoms with van der Waals surface area (Å²) >= 11 is 5.39. The molecule has 0 heterocycles. The molecule has 118 valence electrons. The van der Waals surface area contributed by atoms with Gasteiger partial charge in [-0.3, -0.25) is 4.79 Å². The van der Waals surface area contributed by atoms with Crippen LogP contribution in [0.1, 0.15) is 65.7 Å². The number of halogens is 1. The van der Waals surface area contributed by atoms with Crippen molar-refractivity contribution in [3.63, 3.8) is 0 Å². The Balaban J connectivity index is 2.30. The number of hydrogen-bond acceptors (Lipinski definition) is 3. The second-order valence-electron chi connectivity index (χ2n) is 6.55. The molecule has 0 aromatic carbocycles. The van der Waals surface area contributed by atoms with Gasteiger partial charge in [0.1, 0.15) is 6.10 Å². The quantitative estimate of drug-likeness (QED) is 0.413. The normalized spacial score (nSPS) is 26.8. The Morgan fingerprint density at radius 3 is 2.70 bits per heavy atom. The standard InChI is InChI=1S/C16H30ClNO2/c1-12(2)14-9-8-13(3)11-15(14)20-16(19)7-5-4-6-10-18-17/h12-15,18H,4-11H2,1-3H3/t13-,14+,15-/m1/s1. The van der Waals surface area contributed by atoms with Crippen molar-refractivity contribution >= 4 is 17.7 Å². The van der Waals surface area contributed by atoms with Gasteiger partial charge < -0.3 is 4.74 Å². The van der Waals surface area contributed by atoms with Crippen molar-refractivity contribution in [3.05, 3.63) is 0 Å². The number of nitrogens with one attached hydrogen (secondary N) is 1. The summed E-state index contributed by atoms with van der Waals surface area (Å²) in [6.45, 7) is 7.53. The highest BCUT2D eigenvalue weighted by Gasteiger charge is 2.33. The Labute approximate surface area is 128 Å². The Morgan fingerprint density at radius 1 is 1.30 bits per heavy atom. The van der Waals surface area contributed by atoms with E-state index in [4.69, 9.17) is 16.5 Å². The summed E-state index contributed by atoms with van der Waals surface area (Å²) in [6.07, 6.45) is 7.08. The van der Waals surface area contributed by atoms with Gasteiger partial charge in [0.25, 0.3) is 0 Å². The molecule has 0 aromatic heterocycles. The van der Waals surface area contributed by atoms with Gasteiger partial charge in [-0.1, -0.05) is 33.6 Å². The van der Waals surface area contributed by atoms with Crippen LogP contribution in [0, 0.1) is 17.8 Å². The first kappa shape index (κ1) is 17.8. The number of carbonyl (C=O) groups is 1. The SMILES string of the molecule is CC(C)[C@@H]1CC[C@@H](C)C[C@H]1OC(=O)CCCCCNCl. The van der Waals surface area contributed by atoms with Crippen LogP contribution in [-0.4, -0.2) is 18.6 Å². The topological polar surface area (TPSA) is 38.3 Å². The van der Waals surface area contributed by atoms with Gasteiger partial charge in [0, 0.05) is 13.0 Å². The van der Waals surface area contributed by atoms with E-state index in [1.165, 1.54) is 12.8 Å². The fourth-order valence-corrected chi connectivity index (χ4v) is 3.25. The molecule has 0 radical (unpaired) electrons. The van der Waals surface area contributed by atoms with E-state index in [1.807, 2.05) is 0 Å². The lowest BCUT2D eigenvalue weighted by molar-refractivity contribution is -0.156. The minimum Gasteiger partial charge on any atom is -0.462 e. The lowest BCUT2D eigenvalue weighted by Crippen LogP contribution is -2.35. The number of carbonyl (C=O) groups excluding carboxylic acids is 1. The molecule has 0 aromatic rings. The zero-order chi connectivity index (χ0) is 15.0. The van der Waals surface area contributed by atoms with Gasteiger partial charge in [-0.25, -0.2) is 4.84 Å². The molecule has 20 heavy (non-hydrogen) atoms. The van der Waals surface area contributed by atoms with Crippen LogP contribution in [0.25, 0.3) is 0 Å². The molecular formula is C16H30ClNO2. The first-order valence-electron chi connectivity index (χ1n) is 8.07. The molecule has 3 atom stereocenters. The molecule has 0 bridgehead atoms. The number of rotatable bonds is 8. The van der Waals surface area contributed by atoms with Crippen molar-refractivity contribution < 1.29 is 9.53 Å². The summed E-state index contributed by atoms with van der Waals surface area (Å²) in [7, 11) is 0.